The average Bonchev–Trinajstić information content (AvgIpc) is 2.90. The fourth-order valence-corrected chi connectivity index (χ4v) is 3.85. The van der Waals surface area contributed by atoms with Gasteiger partial charge in [0, 0.05) is 17.9 Å². The summed E-state index contributed by atoms with van der Waals surface area (Å²) >= 11 is 0. The topological polar surface area (TPSA) is 38.3 Å². The Hall–Kier alpha value is -1.35. The normalized spacial score (nSPS) is 27.8. The minimum Gasteiger partial charge on any atom is -0.496 e. The summed E-state index contributed by atoms with van der Waals surface area (Å²) in [6.07, 6.45) is 4.20. The molecule has 1 aromatic rings. The number of para-hydroxylation sites is 1. The minimum atomic E-state index is 0.0473. The number of benzene rings is 1. The number of piperidine rings is 1. The molecule has 0 radical (unpaired) electrons. The van der Waals surface area contributed by atoms with Gasteiger partial charge in [0.2, 0.25) is 0 Å². The van der Waals surface area contributed by atoms with Crippen LogP contribution in [0.15, 0.2) is 24.3 Å². The van der Waals surface area contributed by atoms with Crippen LogP contribution >= 0.6 is 0 Å². The molecule has 1 aliphatic heterocycles. The van der Waals surface area contributed by atoms with Crippen molar-refractivity contribution in [2.75, 3.05) is 20.2 Å². The van der Waals surface area contributed by atoms with Crippen LogP contribution in [0.4, 0.5) is 0 Å². The fourth-order valence-electron chi connectivity index (χ4n) is 3.85. The number of carbonyl (C=O) groups excluding carboxylic acids is 1. The maximum absolute atomic E-state index is 12.4. The molecule has 20 heavy (non-hydrogen) atoms. The molecule has 1 heterocycles. The number of hydrogen-bond donors (Lipinski definition) is 1. The summed E-state index contributed by atoms with van der Waals surface area (Å²) in [5, 5.41) is 3.41. The highest BCUT2D eigenvalue weighted by Crippen LogP contribution is 2.43. The van der Waals surface area contributed by atoms with E-state index in [0.29, 0.717) is 11.7 Å². The smallest absolute Gasteiger partial charge is 0.140 e. The molecule has 1 aromatic carbocycles. The van der Waals surface area contributed by atoms with Gasteiger partial charge in [0.05, 0.1) is 7.11 Å². The van der Waals surface area contributed by atoms with Gasteiger partial charge in [-0.2, -0.15) is 0 Å². The Morgan fingerprint density at radius 3 is 2.65 bits per heavy atom. The predicted molar refractivity (Wildman–Crippen MR) is 79.1 cm³/mol. The van der Waals surface area contributed by atoms with Crippen LogP contribution in [0.5, 0.6) is 5.75 Å². The zero-order valence-electron chi connectivity index (χ0n) is 12.1. The van der Waals surface area contributed by atoms with Crippen LogP contribution in [-0.2, 0) is 4.79 Å². The molecule has 0 amide bonds. The van der Waals surface area contributed by atoms with Gasteiger partial charge in [0.1, 0.15) is 11.5 Å². The van der Waals surface area contributed by atoms with Crippen molar-refractivity contribution in [2.45, 2.75) is 31.6 Å². The van der Waals surface area contributed by atoms with Gasteiger partial charge in [-0.25, -0.2) is 0 Å². The number of carbonyl (C=O) groups is 1. The Labute approximate surface area is 120 Å². The Morgan fingerprint density at radius 2 is 1.90 bits per heavy atom. The van der Waals surface area contributed by atoms with Gasteiger partial charge in [-0.1, -0.05) is 18.2 Å². The first-order valence-corrected chi connectivity index (χ1v) is 7.66. The van der Waals surface area contributed by atoms with Gasteiger partial charge < -0.3 is 10.1 Å². The highest BCUT2D eigenvalue weighted by molar-refractivity contribution is 5.88. The minimum absolute atomic E-state index is 0.0473. The first-order chi connectivity index (χ1) is 9.79. The van der Waals surface area contributed by atoms with Gasteiger partial charge in [0.15, 0.2) is 0 Å². The fraction of sp³-hybridized carbons (Fsp3) is 0.588. The van der Waals surface area contributed by atoms with Gasteiger partial charge in [-0.05, 0) is 50.3 Å². The van der Waals surface area contributed by atoms with Crippen LogP contribution in [0.3, 0.4) is 0 Å². The second-order valence-electron chi connectivity index (χ2n) is 6.05. The molecule has 0 aromatic heterocycles. The molecule has 2 unspecified atom stereocenters. The van der Waals surface area contributed by atoms with Crippen LogP contribution in [0, 0.1) is 11.8 Å². The van der Waals surface area contributed by atoms with E-state index < -0.39 is 0 Å². The molecule has 0 spiro atoms. The molecule has 2 atom stereocenters. The lowest BCUT2D eigenvalue weighted by atomic mass is 9.83. The average molecular weight is 273 g/mol. The van der Waals surface area contributed by atoms with E-state index in [1.807, 2.05) is 24.3 Å². The zero-order valence-corrected chi connectivity index (χ0v) is 12.1. The monoisotopic (exact) mass is 273 g/mol. The Morgan fingerprint density at radius 1 is 1.15 bits per heavy atom. The first-order valence-electron chi connectivity index (χ1n) is 7.66. The summed E-state index contributed by atoms with van der Waals surface area (Å²) in [6, 6.07) is 7.97. The summed E-state index contributed by atoms with van der Waals surface area (Å²) in [5.41, 5.74) is 1.08. The molecule has 1 aliphatic carbocycles. The van der Waals surface area contributed by atoms with Gasteiger partial charge in [0.25, 0.3) is 0 Å². The van der Waals surface area contributed by atoms with E-state index in [1.165, 1.54) is 12.8 Å². The molecule has 1 N–H and O–H groups in total. The van der Waals surface area contributed by atoms with Gasteiger partial charge >= 0.3 is 0 Å². The van der Waals surface area contributed by atoms with Crippen LogP contribution in [-0.4, -0.2) is 26.0 Å². The molecule has 3 nitrogen and oxygen atoms in total. The first kappa shape index (κ1) is 13.6. The number of methoxy groups -OCH3 is 1. The third kappa shape index (κ3) is 2.59. The third-order valence-corrected chi connectivity index (χ3v) is 4.96. The van der Waals surface area contributed by atoms with E-state index in [9.17, 15) is 4.79 Å². The lowest BCUT2D eigenvalue weighted by Crippen LogP contribution is -2.31. The molecule has 3 rings (SSSR count). The van der Waals surface area contributed by atoms with Crippen LogP contribution in [0.2, 0.25) is 0 Å². The van der Waals surface area contributed by atoms with Crippen molar-refractivity contribution in [1.82, 2.24) is 5.32 Å². The maximum Gasteiger partial charge on any atom is 0.140 e. The molecule has 3 heteroatoms. The molecule has 1 saturated carbocycles. The van der Waals surface area contributed by atoms with Crippen molar-refractivity contribution < 1.29 is 9.53 Å². The second-order valence-corrected chi connectivity index (χ2v) is 6.05. The van der Waals surface area contributed by atoms with E-state index in [1.54, 1.807) is 7.11 Å². The standard InChI is InChI=1S/C17H23NO2/c1-20-17-5-3-2-4-14(17)15-10-13(11-16(15)19)12-6-8-18-9-7-12/h2-5,12-13,15,18H,6-11H2,1H3. The SMILES string of the molecule is COc1ccccc1C1CC(C2CCNCC2)CC1=O. The van der Waals surface area contributed by atoms with Crippen molar-refractivity contribution in [3.05, 3.63) is 29.8 Å². The number of rotatable bonds is 3. The van der Waals surface area contributed by atoms with Crippen LogP contribution in [0.1, 0.15) is 37.2 Å². The molecular weight excluding hydrogens is 250 g/mol. The lowest BCUT2D eigenvalue weighted by Gasteiger charge is -2.27. The summed E-state index contributed by atoms with van der Waals surface area (Å²) in [4.78, 5) is 12.4. The Kier molecular flexibility index (Phi) is 4.06. The Bertz CT molecular complexity index is 480. The lowest BCUT2D eigenvalue weighted by molar-refractivity contribution is -0.119. The predicted octanol–water partition coefficient (Wildman–Crippen LogP) is 2.76. The molecule has 2 aliphatic rings. The number of ether oxygens (including phenoxy) is 1. The van der Waals surface area contributed by atoms with E-state index in [0.717, 1.165) is 43.2 Å². The third-order valence-electron chi connectivity index (χ3n) is 4.96. The van der Waals surface area contributed by atoms with Crippen LogP contribution in [0.25, 0.3) is 0 Å². The summed E-state index contributed by atoms with van der Waals surface area (Å²) in [6.45, 7) is 2.21. The van der Waals surface area contributed by atoms with Crippen molar-refractivity contribution >= 4 is 5.78 Å². The van der Waals surface area contributed by atoms with E-state index in [2.05, 4.69) is 5.32 Å². The number of nitrogens with one attached hydrogen (secondary N) is 1. The van der Waals surface area contributed by atoms with Crippen molar-refractivity contribution in [2.24, 2.45) is 11.8 Å². The number of Topliss-reactive ketones (excluding diaryl/α,β-unsaturated/α-hetero) is 1. The van der Waals surface area contributed by atoms with E-state index >= 15 is 0 Å². The largest absolute Gasteiger partial charge is 0.496 e. The van der Waals surface area contributed by atoms with Crippen molar-refractivity contribution in [3.63, 3.8) is 0 Å². The second kappa shape index (κ2) is 5.96. The van der Waals surface area contributed by atoms with Gasteiger partial charge in [-0.3, -0.25) is 4.79 Å². The van der Waals surface area contributed by atoms with Crippen LogP contribution < -0.4 is 10.1 Å². The van der Waals surface area contributed by atoms with Crippen molar-refractivity contribution in [1.29, 1.82) is 0 Å². The maximum atomic E-state index is 12.4. The summed E-state index contributed by atoms with van der Waals surface area (Å²) < 4.78 is 5.42. The van der Waals surface area contributed by atoms with E-state index in [-0.39, 0.29) is 5.92 Å². The summed E-state index contributed by atoms with van der Waals surface area (Å²) in [7, 11) is 1.68. The Balaban J connectivity index is 1.76. The molecular formula is C17H23NO2. The van der Waals surface area contributed by atoms with Gasteiger partial charge in [-0.15, -0.1) is 0 Å². The molecule has 0 bridgehead atoms. The number of ketones is 1. The molecule has 108 valence electrons. The van der Waals surface area contributed by atoms with E-state index in [4.69, 9.17) is 4.74 Å². The summed E-state index contributed by atoms with van der Waals surface area (Å²) in [5.74, 6) is 2.60. The van der Waals surface area contributed by atoms with Crippen molar-refractivity contribution in [3.8, 4) is 5.75 Å². The highest BCUT2D eigenvalue weighted by Gasteiger charge is 2.38. The zero-order chi connectivity index (χ0) is 13.9. The quantitative estimate of drug-likeness (QED) is 0.920. The number of hydrogen-bond acceptors (Lipinski definition) is 3. The molecule has 2 fully saturated rings. The molecule has 1 saturated heterocycles. The highest BCUT2D eigenvalue weighted by atomic mass is 16.5.